The molecule has 3 nitrogen and oxygen atoms in total. The maximum Gasteiger partial charge on any atom is 0.0796 e. The van der Waals surface area contributed by atoms with Crippen molar-refractivity contribution in [3.8, 4) is 0 Å². The normalized spacial score (nSPS) is 11.4. The van der Waals surface area contributed by atoms with Gasteiger partial charge in [0.25, 0.3) is 0 Å². The molecule has 0 N–H and O–H groups in total. The largest absolute Gasteiger partial charge is 0.182 e. The van der Waals surface area contributed by atoms with Crippen LogP contribution >= 0.6 is 0 Å². The highest BCUT2D eigenvalue weighted by molar-refractivity contribution is 4.86. The maximum absolute atomic E-state index is 4.55. The van der Waals surface area contributed by atoms with Crippen molar-refractivity contribution < 1.29 is 0 Å². The Kier molecular flexibility index (Phi) is 10.2. The molecule has 1 heterocycles. The molecule has 0 aliphatic heterocycles. The number of aromatic nitrogens is 3. The Labute approximate surface area is 131 Å². The lowest BCUT2D eigenvalue weighted by atomic mass is 10.0. The van der Waals surface area contributed by atoms with Gasteiger partial charge in [-0.15, -0.1) is 0 Å². The number of hydrogen-bond donors (Lipinski definition) is 0. The van der Waals surface area contributed by atoms with Gasteiger partial charge in [0.1, 0.15) is 0 Å². The Hall–Kier alpha value is -0.860. The Morgan fingerprint density at radius 1 is 0.857 bits per heavy atom. The minimum Gasteiger partial charge on any atom is -0.182 e. The zero-order valence-corrected chi connectivity index (χ0v) is 14.5. The quantitative estimate of drug-likeness (QED) is 0.427. The summed E-state index contributed by atoms with van der Waals surface area (Å²) in [5.41, 5.74) is 1.04. The topological polar surface area (TPSA) is 30.7 Å². The molecule has 0 saturated heterocycles. The minimum absolute atomic E-state index is 0.516. The number of aryl methyl sites for hydroxylation is 1. The predicted octanol–water partition coefficient (Wildman–Crippen LogP) is 5.85. The highest BCUT2D eigenvalue weighted by Gasteiger charge is 2.12. The minimum atomic E-state index is 0.516. The second-order valence-corrected chi connectivity index (χ2v) is 6.37. The maximum atomic E-state index is 4.55. The molecular weight excluding hydrogens is 258 g/mol. The van der Waals surface area contributed by atoms with E-state index in [0.29, 0.717) is 6.04 Å². The van der Waals surface area contributed by atoms with Crippen LogP contribution in [0.3, 0.4) is 0 Å². The van der Waals surface area contributed by atoms with Crippen molar-refractivity contribution in [1.82, 2.24) is 15.0 Å². The molecule has 0 aliphatic rings. The molecule has 3 heteroatoms. The first-order chi connectivity index (χ1) is 10.3. The average molecular weight is 293 g/mol. The molecule has 0 saturated carbocycles. The van der Waals surface area contributed by atoms with Gasteiger partial charge in [0, 0.05) is 0 Å². The van der Waals surface area contributed by atoms with E-state index in [9.17, 15) is 0 Å². The van der Waals surface area contributed by atoms with Crippen molar-refractivity contribution in [2.75, 3.05) is 0 Å². The second kappa shape index (κ2) is 11.8. The van der Waals surface area contributed by atoms with Gasteiger partial charge < -0.3 is 0 Å². The van der Waals surface area contributed by atoms with Gasteiger partial charge >= 0.3 is 0 Å². The highest BCUT2D eigenvalue weighted by atomic mass is 15.5. The van der Waals surface area contributed by atoms with Gasteiger partial charge in [-0.25, -0.2) is 0 Å². The molecule has 0 aromatic carbocycles. The van der Waals surface area contributed by atoms with E-state index in [1.807, 2.05) is 17.9 Å². The lowest BCUT2D eigenvalue weighted by molar-refractivity contribution is 0.333. The van der Waals surface area contributed by atoms with Crippen molar-refractivity contribution in [3.63, 3.8) is 0 Å². The molecule has 0 atom stereocenters. The summed E-state index contributed by atoms with van der Waals surface area (Å²) >= 11 is 0. The van der Waals surface area contributed by atoms with Gasteiger partial charge in [-0.05, 0) is 19.8 Å². The average Bonchev–Trinajstić information content (AvgIpc) is 2.91. The SMILES string of the molecule is CCCCCCCC(CCCCCCC)n1ncc(C)n1. The van der Waals surface area contributed by atoms with Gasteiger partial charge in [0.15, 0.2) is 0 Å². The van der Waals surface area contributed by atoms with Crippen LogP contribution in [0, 0.1) is 6.92 Å². The lowest BCUT2D eigenvalue weighted by Gasteiger charge is -2.16. The van der Waals surface area contributed by atoms with Gasteiger partial charge in [-0.3, -0.25) is 0 Å². The molecule has 0 unspecified atom stereocenters. The van der Waals surface area contributed by atoms with E-state index < -0.39 is 0 Å². The van der Waals surface area contributed by atoms with Gasteiger partial charge in [-0.2, -0.15) is 15.0 Å². The molecule has 21 heavy (non-hydrogen) atoms. The summed E-state index contributed by atoms with van der Waals surface area (Å²) in [5.74, 6) is 0. The second-order valence-electron chi connectivity index (χ2n) is 6.37. The third-order valence-electron chi connectivity index (χ3n) is 4.23. The summed E-state index contributed by atoms with van der Waals surface area (Å²) in [6.07, 6.45) is 17.9. The Morgan fingerprint density at radius 2 is 1.38 bits per heavy atom. The summed E-state index contributed by atoms with van der Waals surface area (Å²) in [5, 5.41) is 9.00. The van der Waals surface area contributed by atoms with E-state index in [2.05, 4.69) is 24.0 Å². The van der Waals surface area contributed by atoms with Crippen molar-refractivity contribution in [2.24, 2.45) is 0 Å². The van der Waals surface area contributed by atoms with Crippen LogP contribution in [0.4, 0.5) is 0 Å². The van der Waals surface area contributed by atoms with E-state index in [-0.39, 0.29) is 0 Å². The highest BCUT2D eigenvalue weighted by Crippen LogP contribution is 2.22. The fourth-order valence-electron chi connectivity index (χ4n) is 2.87. The van der Waals surface area contributed by atoms with E-state index in [4.69, 9.17) is 0 Å². The summed E-state index contributed by atoms with van der Waals surface area (Å²) in [6.45, 7) is 6.58. The molecule has 1 rings (SSSR count). The molecule has 0 bridgehead atoms. The molecule has 1 aromatic heterocycles. The van der Waals surface area contributed by atoms with Crippen molar-refractivity contribution in [3.05, 3.63) is 11.9 Å². The van der Waals surface area contributed by atoms with Gasteiger partial charge in [0.05, 0.1) is 17.9 Å². The van der Waals surface area contributed by atoms with Crippen molar-refractivity contribution in [2.45, 2.75) is 104 Å². The van der Waals surface area contributed by atoms with Crippen LogP contribution in [-0.4, -0.2) is 15.0 Å². The van der Waals surface area contributed by atoms with E-state index in [1.54, 1.807) is 0 Å². The molecule has 0 aliphatic carbocycles. The lowest BCUT2D eigenvalue weighted by Crippen LogP contribution is -2.13. The zero-order valence-electron chi connectivity index (χ0n) is 14.5. The molecule has 0 radical (unpaired) electrons. The van der Waals surface area contributed by atoms with Crippen LogP contribution in [0.2, 0.25) is 0 Å². The first kappa shape index (κ1) is 18.2. The third kappa shape index (κ3) is 8.23. The van der Waals surface area contributed by atoms with Gasteiger partial charge in [-0.1, -0.05) is 78.1 Å². The van der Waals surface area contributed by atoms with Crippen molar-refractivity contribution >= 4 is 0 Å². The van der Waals surface area contributed by atoms with E-state index in [1.165, 1.54) is 77.0 Å². The summed E-state index contributed by atoms with van der Waals surface area (Å²) < 4.78 is 0. The number of hydrogen-bond acceptors (Lipinski definition) is 2. The number of rotatable bonds is 13. The Balaban J connectivity index is 2.32. The first-order valence-corrected chi connectivity index (χ1v) is 9.16. The zero-order chi connectivity index (χ0) is 15.3. The monoisotopic (exact) mass is 293 g/mol. The van der Waals surface area contributed by atoms with Gasteiger partial charge in [0.2, 0.25) is 0 Å². The molecule has 1 aromatic rings. The molecule has 0 spiro atoms. The third-order valence-corrected chi connectivity index (χ3v) is 4.23. The standard InChI is InChI=1S/C18H35N3/c1-4-6-8-10-12-14-18(15-13-11-9-7-5-2)21-19-16-17(3)20-21/h16,18H,4-15H2,1-3H3. The smallest absolute Gasteiger partial charge is 0.0796 e. The fraction of sp³-hybridized carbons (Fsp3) is 0.889. The van der Waals surface area contributed by atoms with Crippen molar-refractivity contribution in [1.29, 1.82) is 0 Å². The summed E-state index contributed by atoms with van der Waals surface area (Å²) in [6, 6.07) is 0.516. The van der Waals surface area contributed by atoms with Crippen LogP contribution in [0.25, 0.3) is 0 Å². The summed E-state index contributed by atoms with van der Waals surface area (Å²) in [7, 11) is 0. The van der Waals surface area contributed by atoms with Crippen LogP contribution in [0.5, 0.6) is 0 Å². The van der Waals surface area contributed by atoms with E-state index in [0.717, 1.165) is 5.69 Å². The van der Waals surface area contributed by atoms with Crippen LogP contribution < -0.4 is 0 Å². The first-order valence-electron chi connectivity index (χ1n) is 9.16. The number of unbranched alkanes of at least 4 members (excludes halogenated alkanes) is 8. The Bertz CT molecular complexity index is 332. The van der Waals surface area contributed by atoms with Crippen LogP contribution in [0.1, 0.15) is 103 Å². The molecular formula is C18H35N3. The molecule has 0 fully saturated rings. The number of nitrogens with zero attached hydrogens (tertiary/aromatic N) is 3. The molecule has 122 valence electrons. The summed E-state index contributed by atoms with van der Waals surface area (Å²) in [4.78, 5) is 1.98. The fourth-order valence-corrected chi connectivity index (χ4v) is 2.87. The Morgan fingerprint density at radius 3 is 1.81 bits per heavy atom. The van der Waals surface area contributed by atoms with E-state index >= 15 is 0 Å². The molecule has 0 amide bonds. The van der Waals surface area contributed by atoms with Crippen LogP contribution in [-0.2, 0) is 0 Å². The predicted molar refractivity (Wildman–Crippen MR) is 90.5 cm³/mol. The van der Waals surface area contributed by atoms with Crippen LogP contribution in [0.15, 0.2) is 6.20 Å².